The minimum Gasteiger partial charge on any atom is -0.491 e. The van der Waals surface area contributed by atoms with Gasteiger partial charge in [-0.3, -0.25) is 19.2 Å². The molecule has 3 N–H and O–H groups in total. The molecular formula is C59H87NO15. The summed E-state index contributed by atoms with van der Waals surface area (Å²) >= 11 is 0. The number of rotatable bonds is 12. The second-order valence-electron chi connectivity index (χ2n) is 21.7. The van der Waals surface area contributed by atoms with Crippen LogP contribution in [0.25, 0.3) is 0 Å². The highest BCUT2D eigenvalue weighted by Gasteiger charge is 2.53. The van der Waals surface area contributed by atoms with Crippen LogP contribution in [-0.2, 0) is 59.0 Å². The Hall–Kier alpha value is -4.39. The lowest BCUT2D eigenvalue weighted by Gasteiger charge is -2.43. The lowest BCUT2D eigenvalue weighted by molar-refractivity contribution is -0.266. The molecule has 3 aliphatic heterocycles. The molecule has 1 aromatic carbocycles. The third-order valence-electron chi connectivity index (χ3n) is 15.8. The van der Waals surface area contributed by atoms with Gasteiger partial charge in [0, 0.05) is 59.0 Å². The number of hydrogen-bond donors (Lipinski definition) is 3. The largest absolute Gasteiger partial charge is 0.491 e. The van der Waals surface area contributed by atoms with Gasteiger partial charge in [-0.1, -0.05) is 76.3 Å². The van der Waals surface area contributed by atoms with Crippen LogP contribution < -0.4 is 4.74 Å². The molecule has 1 aromatic rings. The molecule has 2 bridgehead atoms. The van der Waals surface area contributed by atoms with Crippen molar-refractivity contribution in [3.8, 4) is 5.75 Å². The monoisotopic (exact) mass is 1050 g/mol. The van der Waals surface area contributed by atoms with Crippen molar-refractivity contribution in [3.05, 3.63) is 77.4 Å². The Morgan fingerprint density at radius 1 is 0.867 bits per heavy atom. The van der Waals surface area contributed by atoms with Gasteiger partial charge in [0.15, 0.2) is 5.78 Å². The number of Topliss-reactive ketones (excluding diaryl/α,β-unsaturated/α-hetero) is 3. The molecule has 5 rings (SSSR count). The number of esters is 1. The van der Waals surface area contributed by atoms with Crippen LogP contribution in [0.1, 0.15) is 131 Å². The third kappa shape index (κ3) is 17.6. The molecule has 16 heteroatoms. The van der Waals surface area contributed by atoms with Gasteiger partial charge in [0.1, 0.15) is 42.5 Å². The van der Waals surface area contributed by atoms with Crippen molar-refractivity contribution >= 4 is 29.2 Å². The van der Waals surface area contributed by atoms with Crippen molar-refractivity contribution in [3.63, 3.8) is 0 Å². The van der Waals surface area contributed by atoms with E-state index in [2.05, 4.69) is 0 Å². The van der Waals surface area contributed by atoms with Crippen molar-refractivity contribution in [1.82, 2.24) is 4.90 Å². The number of aliphatic hydroxyl groups is 3. The molecule has 75 heavy (non-hydrogen) atoms. The predicted octanol–water partition coefficient (Wildman–Crippen LogP) is 7.53. The van der Waals surface area contributed by atoms with E-state index in [1.807, 2.05) is 82.3 Å². The van der Waals surface area contributed by atoms with Gasteiger partial charge in [0.2, 0.25) is 5.79 Å². The number of benzene rings is 1. The van der Waals surface area contributed by atoms with Crippen LogP contribution in [0.3, 0.4) is 0 Å². The molecule has 16 nitrogen and oxygen atoms in total. The lowest BCUT2D eigenvalue weighted by Crippen LogP contribution is -2.61. The first-order valence-electron chi connectivity index (χ1n) is 27.2. The molecule has 1 saturated carbocycles. The summed E-state index contributed by atoms with van der Waals surface area (Å²) in [6.45, 7) is 12.0. The predicted molar refractivity (Wildman–Crippen MR) is 282 cm³/mol. The number of piperidine rings is 1. The number of cyclic esters (lactones) is 1. The molecule has 1 amide bonds. The van der Waals surface area contributed by atoms with Gasteiger partial charge in [0.05, 0.1) is 37.6 Å². The Kier molecular flexibility index (Phi) is 24.5. The maximum atomic E-state index is 14.5. The van der Waals surface area contributed by atoms with Crippen molar-refractivity contribution in [2.75, 3.05) is 41.1 Å². The summed E-state index contributed by atoms with van der Waals surface area (Å²) in [6, 6.07) is 6.39. The standard InChI is InChI=1S/C59H87NO15/c1-37-16-11-10-12-17-38(2)50(73-36-44-18-15-19-46(32-44)72-29-28-69-7)35-47-25-22-42(6)59(68,75-47)56(65)57(66)60-27-14-13-20-48(60)58(67)74-51(40(4)31-43-23-26-49(62)52(33-43)70-8)34-45(61)24-21-39(3)53(63)55(71-9)54(64)41(5)30-37/h10-12,15-19,21,32,37,40-43,47-53,55,62-63,68H,13-14,20,22-31,33-36H2,1-9H3/b12-10?,16-11+,38-17?,39-21+/t37-,40-,41-,42-,43+,47+,48+,49-,50?,51+,52-,53+,55-,59-/m1/s1. The summed E-state index contributed by atoms with van der Waals surface area (Å²) in [4.78, 5) is 72.3. The van der Waals surface area contributed by atoms with Crippen LogP contribution in [0, 0.1) is 29.6 Å². The Morgan fingerprint density at radius 3 is 2.37 bits per heavy atom. The van der Waals surface area contributed by atoms with E-state index in [1.165, 1.54) is 12.0 Å². The molecule has 2 saturated heterocycles. The number of aliphatic hydroxyl groups excluding tert-OH is 2. The highest BCUT2D eigenvalue weighted by Crippen LogP contribution is 2.38. The van der Waals surface area contributed by atoms with Gasteiger partial charge in [-0.05, 0) is 125 Å². The molecule has 0 aromatic heterocycles. The van der Waals surface area contributed by atoms with E-state index in [1.54, 1.807) is 34.1 Å². The summed E-state index contributed by atoms with van der Waals surface area (Å²) in [5.74, 6) is -6.82. The first-order chi connectivity index (χ1) is 35.8. The van der Waals surface area contributed by atoms with E-state index in [4.69, 9.17) is 33.2 Å². The van der Waals surface area contributed by atoms with Crippen molar-refractivity contribution in [2.45, 2.75) is 186 Å². The number of amides is 1. The van der Waals surface area contributed by atoms with Gasteiger partial charge in [-0.25, -0.2) is 4.79 Å². The number of allylic oxidation sites excluding steroid dienone is 6. The Bertz CT molecular complexity index is 2170. The average Bonchev–Trinajstić information content (AvgIpc) is 3.39. The van der Waals surface area contributed by atoms with Crippen LogP contribution in [0.2, 0.25) is 0 Å². The number of ketones is 3. The number of carbonyl (C=O) groups excluding carboxylic acids is 5. The normalized spacial score (nSPS) is 34.4. The fourth-order valence-corrected chi connectivity index (χ4v) is 10.9. The van der Waals surface area contributed by atoms with Crippen LogP contribution in [-0.4, -0.2) is 145 Å². The molecule has 0 radical (unpaired) electrons. The molecule has 1 unspecified atom stereocenters. The number of fused-ring (bicyclic) bond motifs is 3. The first-order valence-corrected chi connectivity index (χ1v) is 27.2. The zero-order valence-corrected chi connectivity index (χ0v) is 46.0. The quantitative estimate of drug-likeness (QED) is 0.0799. The Labute approximate surface area is 445 Å². The van der Waals surface area contributed by atoms with Gasteiger partial charge in [-0.2, -0.15) is 0 Å². The second kappa shape index (κ2) is 29.9. The zero-order valence-electron chi connectivity index (χ0n) is 46.0. The minimum atomic E-state index is -2.49. The molecular weight excluding hydrogens is 963 g/mol. The molecule has 418 valence electrons. The van der Waals surface area contributed by atoms with Crippen molar-refractivity contribution in [1.29, 1.82) is 0 Å². The number of nitrogens with zero attached hydrogens (tertiary/aromatic N) is 1. The summed E-state index contributed by atoms with van der Waals surface area (Å²) in [7, 11) is 4.55. The topological polar surface area (TPSA) is 214 Å². The molecule has 0 spiro atoms. The van der Waals surface area contributed by atoms with E-state index >= 15 is 0 Å². The highest BCUT2D eigenvalue weighted by molar-refractivity contribution is 6.39. The Morgan fingerprint density at radius 2 is 1.64 bits per heavy atom. The number of methoxy groups -OCH3 is 3. The number of ether oxygens (including phenoxy) is 7. The van der Waals surface area contributed by atoms with Crippen LogP contribution >= 0.6 is 0 Å². The van der Waals surface area contributed by atoms with E-state index in [-0.39, 0.29) is 74.3 Å². The molecule has 1 aliphatic carbocycles. The number of carbonyl (C=O) groups is 5. The fourth-order valence-electron chi connectivity index (χ4n) is 10.9. The summed E-state index contributed by atoms with van der Waals surface area (Å²) in [5, 5.41) is 34.2. The molecule has 4 aliphatic rings. The Balaban J connectivity index is 1.47. The van der Waals surface area contributed by atoms with Crippen LogP contribution in [0.5, 0.6) is 5.75 Å². The van der Waals surface area contributed by atoms with E-state index < -0.39 is 77.9 Å². The van der Waals surface area contributed by atoms with Crippen molar-refractivity contribution in [2.24, 2.45) is 29.6 Å². The SMILES string of the molecule is COCCOc1cccc(COC2C[C@@H]3CC[C@@H](C)[C@@](O)(O3)C(=O)C(=O)N3CCCC[C@H]3C(=O)O[C@H]([C@H](C)C[C@@H]3CC[C@@H](O)[C@H](OC)C3)CC(=O)C/C=C(\C)[C@H](O)[C@@H](OC)C(=O)[C@H](C)C[C@H](C)/C=C/C=CC=C2C)c1. The van der Waals surface area contributed by atoms with Crippen LogP contribution in [0.15, 0.2) is 71.9 Å². The minimum absolute atomic E-state index is 0.0144. The molecule has 3 heterocycles. The molecule has 3 fully saturated rings. The summed E-state index contributed by atoms with van der Waals surface area (Å²) < 4.78 is 41.3. The van der Waals surface area contributed by atoms with Crippen molar-refractivity contribution < 1.29 is 72.5 Å². The van der Waals surface area contributed by atoms with E-state index in [9.17, 15) is 39.3 Å². The second-order valence-corrected chi connectivity index (χ2v) is 21.7. The van der Waals surface area contributed by atoms with Gasteiger partial charge in [0.25, 0.3) is 11.7 Å². The van der Waals surface area contributed by atoms with Gasteiger partial charge in [-0.15, -0.1) is 0 Å². The van der Waals surface area contributed by atoms with E-state index in [0.717, 1.165) is 11.1 Å². The lowest BCUT2D eigenvalue weighted by atomic mass is 9.78. The first kappa shape index (κ1) is 61.5. The van der Waals surface area contributed by atoms with Gasteiger partial charge < -0.3 is 53.4 Å². The highest BCUT2D eigenvalue weighted by atomic mass is 16.6. The zero-order chi connectivity index (χ0) is 54.8. The summed E-state index contributed by atoms with van der Waals surface area (Å²) in [6.07, 6.45) is 10.5. The van der Waals surface area contributed by atoms with Crippen LogP contribution in [0.4, 0.5) is 0 Å². The third-order valence-corrected chi connectivity index (χ3v) is 15.8. The van der Waals surface area contributed by atoms with E-state index in [0.29, 0.717) is 82.3 Å². The number of hydrogen-bond acceptors (Lipinski definition) is 15. The maximum Gasteiger partial charge on any atom is 0.329 e. The summed E-state index contributed by atoms with van der Waals surface area (Å²) in [5.41, 5.74) is 2.08. The fraction of sp³-hybridized carbons (Fsp3) is 0.678. The maximum absolute atomic E-state index is 14.5. The van der Waals surface area contributed by atoms with Gasteiger partial charge >= 0.3 is 5.97 Å². The molecule has 14 atom stereocenters. The average molecular weight is 1050 g/mol. The smallest absolute Gasteiger partial charge is 0.329 e.